The number of rotatable bonds is 2. The third-order valence-corrected chi connectivity index (χ3v) is 4.90. The Balaban J connectivity index is 2.40. The topological polar surface area (TPSA) is 20.2 Å². The Morgan fingerprint density at radius 2 is 1.82 bits per heavy atom. The summed E-state index contributed by atoms with van der Waals surface area (Å²) in [7, 11) is 0. The summed E-state index contributed by atoms with van der Waals surface area (Å²) in [5.74, 6) is 0. The van der Waals surface area contributed by atoms with Crippen LogP contribution in [0.25, 0.3) is 0 Å². The molecule has 0 saturated carbocycles. The highest BCUT2D eigenvalue weighted by Crippen LogP contribution is 2.33. The van der Waals surface area contributed by atoms with Gasteiger partial charge in [0.05, 0.1) is 0 Å². The van der Waals surface area contributed by atoms with Gasteiger partial charge in [0, 0.05) is 14.2 Å². The summed E-state index contributed by atoms with van der Waals surface area (Å²) >= 11 is 5.16. The van der Waals surface area contributed by atoms with Gasteiger partial charge in [-0.05, 0) is 49.6 Å². The molecule has 3 heteroatoms. The molecule has 1 aromatic heterocycles. The molecular formula is C14H15BrOS. The molecule has 1 nitrogen and oxygen atoms in total. The molecule has 0 saturated heterocycles. The van der Waals surface area contributed by atoms with Gasteiger partial charge in [0.15, 0.2) is 0 Å². The Bertz CT molecular complexity index is 545. The summed E-state index contributed by atoms with van der Waals surface area (Å²) in [6.45, 7) is 6.16. The van der Waals surface area contributed by atoms with Gasteiger partial charge in [0.2, 0.25) is 0 Å². The van der Waals surface area contributed by atoms with Crippen molar-refractivity contribution in [3.05, 3.63) is 55.2 Å². The number of thiophene rings is 1. The van der Waals surface area contributed by atoms with Crippen LogP contribution >= 0.6 is 27.3 Å². The van der Waals surface area contributed by atoms with Crippen LogP contribution in [0.2, 0.25) is 0 Å². The molecule has 2 aromatic rings. The minimum Gasteiger partial charge on any atom is -0.383 e. The summed E-state index contributed by atoms with van der Waals surface area (Å²) < 4.78 is 1.04. The summed E-state index contributed by atoms with van der Waals surface area (Å²) in [4.78, 5) is 2.28. The molecule has 0 radical (unpaired) electrons. The van der Waals surface area contributed by atoms with E-state index in [4.69, 9.17) is 0 Å². The first-order chi connectivity index (χ1) is 7.99. The van der Waals surface area contributed by atoms with Gasteiger partial charge >= 0.3 is 0 Å². The van der Waals surface area contributed by atoms with E-state index in [1.807, 2.05) is 32.0 Å². The van der Waals surface area contributed by atoms with Crippen LogP contribution in [0, 0.1) is 20.8 Å². The minimum absolute atomic E-state index is 0.523. The molecule has 1 unspecified atom stereocenters. The third-order valence-electron chi connectivity index (χ3n) is 2.84. The lowest BCUT2D eigenvalue weighted by Crippen LogP contribution is -1.99. The third kappa shape index (κ3) is 2.62. The fourth-order valence-corrected chi connectivity index (χ4v) is 3.31. The molecule has 90 valence electrons. The lowest BCUT2D eigenvalue weighted by Gasteiger charge is -2.11. The number of hydrogen-bond donors (Lipinski definition) is 1. The predicted molar refractivity (Wildman–Crippen MR) is 76.7 cm³/mol. The van der Waals surface area contributed by atoms with E-state index in [9.17, 15) is 5.11 Å². The van der Waals surface area contributed by atoms with Gasteiger partial charge in [-0.3, -0.25) is 0 Å². The zero-order chi connectivity index (χ0) is 12.6. The highest BCUT2D eigenvalue weighted by molar-refractivity contribution is 9.10. The maximum Gasteiger partial charge on any atom is 0.113 e. The van der Waals surface area contributed by atoms with Gasteiger partial charge in [0.1, 0.15) is 6.10 Å². The highest BCUT2D eigenvalue weighted by Gasteiger charge is 2.16. The Morgan fingerprint density at radius 1 is 1.12 bits per heavy atom. The molecule has 2 rings (SSSR count). The van der Waals surface area contributed by atoms with Crippen LogP contribution in [0.4, 0.5) is 0 Å². The molecule has 0 spiro atoms. The maximum atomic E-state index is 10.4. The van der Waals surface area contributed by atoms with Crippen LogP contribution < -0.4 is 0 Å². The summed E-state index contributed by atoms with van der Waals surface area (Å²) in [6, 6.07) is 8.12. The lowest BCUT2D eigenvalue weighted by atomic mass is 10.0. The zero-order valence-corrected chi connectivity index (χ0v) is 12.5. The van der Waals surface area contributed by atoms with E-state index in [1.54, 1.807) is 11.3 Å². The van der Waals surface area contributed by atoms with Crippen molar-refractivity contribution >= 4 is 27.3 Å². The first kappa shape index (κ1) is 12.8. The maximum absolute atomic E-state index is 10.4. The van der Waals surface area contributed by atoms with Crippen LogP contribution in [0.3, 0.4) is 0 Å². The average Bonchev–Trinajstić information content (AvgIpc) is 2.61. The number of aryl methyl sites for hydroxylation is 3. The number of aliphatic hydroxyl groups is 1. The van der Waals surface area contributed by atoms with Gasteiger partial charge in [-0.15, -0.1) is 11.3 Å². The van der Waals surface area contributed by atoms with Crippen LogP contribution in [0.15, 0.2) is 28.7 Å². The molecule has 0 bridgehead atoms. The first-order valence-corrected chi connectivity index (χ1v) is 7.11. The molecule has 0 amide bonds. The number of hydrogen-bond acceptors (Lipinski definition) is 2. The molecule has 1 aromatic carbocycles. The fourth-order valence-electron chi connectivity index (χ4n) is 1.86. The van der Waals surface area contributed by atoms with Crippen LogP contribution in [-0.4, -0.2) is 5.11 Å². The van der Waals surface area contributed by atoms with Crippen molar-refractivity contribution in [3.63, 3.8) is 0 Å². The molecule has 0 aliphatic carbocycles. The second kappa shape index (κ2) is 4.92. The Kier molecular flexibility index (Phi) is 3.71. The highest BCUT2D eigenvalue weighted by atomic mass is 79.9. The van der Waals surface area contributed by atoms with E-state index in [2.05, 4.69) is 28.9 Å². The molecule has 0 aliphatic rings. The van der Waals surface area contributed by atoms with Crippen molar-refractivity contribution in [1.82, 2.24) is 0 Å². The molecule has 0 aliphatic heterocycles. The predicted octanol–water partition coefficient (Wildman–Crippen LogP) is 4.52. The second-order valence-corrected chi connectivity index (χ2v) is 6.46. The Labute approximate surface area is 114 Å². The van der Waals surface area contributed by atoms with E-state index in [0.717, 1.165) is 20.5 Å². The fraction of sp³-hybridized carbons (Fsp3) is 0.286. The molecular weight excluding hydrogens is 296 g/mol. The summed E-state index contributed by atoms with van der Waals surface area (Å²) in [5.41, 5.74) is 3.28. The second-order valence-electron chi connectivity index (χ2n) is 4.32. The summed E-state index contributed by atoms with van der Waals surface area (Å²) in [6.07, 6.45) is -0.523. The van der Waals surface area contributed by atoms with Crippen LogP contribution in [0.1, 0.15) is 32.5 Å². The average molecular weight is 311 g/mol. The Hall–Kier alpha value is -0.640. The monoisotopic (exact) mass is 310 g/mol. The van der Waals surface area contributed by atoms with Crippen molar-refractivity contribution in [2.45, 2.75) is 26.9 Å². The normalized spacial score (nSPS) is 12.8. The van der Waals surface area contributed by atoms with Gasteiger partial charge in [-0.25, -0.2) is 0 Å². The van der Waals surface area contributed by atoms with Gasteiger partial charge in [-0.1, -0.05) is 28.1 Å². The van der Waals surface area contributed by atoms with Crippen LogP contribution in [0.5, 0.6) is 0 Å². The van der Waals surface area contributed by atoms with Crippen molar-refractivity contribution in [2.75, 3.05) is 0 Å². The van der Waals surface area contributed by atoms with Crippen molar-refractivity contribution < 1.29 is 5.11 Å². The SMILES string of the molecule is Cc1cc(C)c(C(O)c2ccc(C)c(Br)c2)s1. The number of halogens is 1. The van der Waals surface area contributed by atoms with Gasteiger partial charge in [-0.2, -0.15) is 0 Å². The Morgan fingerprint density at radius 3 is 2.35 bits per heavy atom. The quantitative estimate of drug-likeness (QED) is 0.864. The molecule has 1 heterocycles. The number of benzene rings is 1. The van der Waals surface area contributed by atoms with E-state index in [-0.39, 0.29) is 0 Å². The minimum atomic E-state index is -0.523. The van der Waals surface area contributed by atoms with Crippen molar-refractivity contribution in [1.29, 1.82) is 0 Å². The first-order valence-electron chi connectivity index (χ1n) is 5.50. The van der Waals surface area contributed by atoms with Gasteiger partial charge < -0.3 is 5.11 Å². The van der Waals surface area contributed by atoms with Crippen LogP contribution in [-0.2, 0) is 0 Å². The van der Waals surface area contributed by atoms with Crippen molar-refractivity contribution in [3.8, 4) is 0 Å². The summed E-state index contributed by atoms with van der Waals surface area (Å²) in [5, 5.41) is 10.4. The van der Waals surface area contributed by atoms with E-state index in [0.29, 0.717) is 0 Å². The van der Waals surface area contributed by atoms with E-state index in [1.165, 1.54) is 10.4 Å². The van der Waals surface area contributed by atoms with Gasteiger partial charge in [0.25, 0.3) is 0 Å². The standard InChI is InChI=1S/C14H15BrOS/c1-8-4-5-11(7-12(8)15)13(16)14-9(2)6-10(3)17-14/h4-7,13,16H,1-3H3. The smallest absolute Gasteiger partial charge is 0.113 e. The molecule has 1 atom stereocenters. The van der Waals surface area contributed by atoms with E-state index >= 15 is 0 Å². The number of aliphatic hydroxyl groups excluding tert-OH is 1. The zero-order valence-electron chi connectivity index (χ0n) is 10.1. The molecule has 0 fully saturated rings. The van der Waals surface area contributed by atoms with Crippen molar-refractivity contribution in [2.24, 2.45) is 0 Å². The largest absolute Gasteiger partial charge is 0.383 e. The molecule has 1 N–H and O–H groups in total. The lowest BCUT2D eigenvalue weighted by molar-refractivity contribution is 0.223. The van der Waals surface area contributed by atoms with E-state index < -0.39 is 6.10 Å². The molecule has 17 heavy (non-hydrogen) atoms.